The van der Waals surface area contributed by atoms with E-state index in [1.807, 2.05) is 42.5 Å². The lowest BCUT2D eigenvalue weighted by molar-refractivity contribution is 0.0829. The Kier molecular flexibility index (Phi) is 12.5. The summed E-state index contributed by atoms with van der Waals surface area (Å²) in [5.41, 5.74) is 2.81. The van der Waals surface area contributed by atoms with Gasteiger partial charge in [0.05, 0.1) is 19.3 Å². The van der Waals surface area contributed by atoms with Crippen molar-refractivity contribution in [1.29, 1.82) is 0 Å². The van der Waals surface area contributed by atoms with Crippen molar-refractivity contribution in [3.05, 3.63) is 101 Å². The first-order chi connectivity index (χ1) is 19.3. The van der Waals surface area contributed by atoms with Crippen LogP contribution in [0.5, 0.6) is 5.75 Å². The molecule has 0 heterocycles. The average Bonchev–Trinajstić information content (AvgIpc) is 2.92. The van der Waals surface area contributed by atoms with Crippen LogP contribution in [0.4, 0.5) is 8.78 Å². The van der Waals surface area contributed by atoms with E-state index in [0.717, 1.165) is 55.4 Å². The van der Waals surface area contributed by atoms with Gasteiger partial charge in [0.25, 0.3) is 5.91 Å². The molecule has 0 saturated carbocycles. The number of hydrogen-bond donors (Lipinski definition) is 3. The number of amides is 1. The lowest BCUT2D eigenvalue weighted by atomic mass is 9.99. The number of nitrogens with zero attached hydrogens (tertiary/aromatic N) is 1. The predicted octanol–water partition coefficient (Wildman–Crippen LogP) is 5.09. The standard InChI is InChI=1S/C32H41F2N3O3/c1-4-12-37(13-5-2)22-24-9-6-10-26(14-24)32(39)36-30(18-25-15-27(33)19-28(34)16-25)31(38)21-35-20-23-8-7-11-29(17-23)40-3/h6-11,14-17,19,30-31,35,38H,4-5,12-13,18,20-22H2,1-3H3,(H,36,39). The number of aliphatic hydroxyl groups is 1. The molecule has 0 saturated heterocycles. The third-order valence-electron chi connectivity index (χ3n) is 6.65. The lowest BCUT2D eigenvalue weighted by Gasteiger charge is -2.25. The Morgan fingerprint density at radius 3 is 2.27 bits per heavy atom. The number of halogens is 2. The monoisotopic (exact) mass is 553 g/mol. The van der Waals surface area contributed by atoms with Crippen molar-refractivity contribution in [3.8, 4) is 5.75 Å². The van der Waals surface area contributed by atoms with Crippen molar-refractivity contribution >= 4 is 5.91 Å². The minimum Gasteiger partial charge on any atom is -0.497 e. The van der Waals surface area contributed by atoms with E-state index in [0.29, 0.717) is 17.7 Å². The Morgan fingerprint density at radius 2 is 1.60 bits per heavy atom. The van der Waals surface area contributed by atoms with E-state index in [4.69, 9.17) is 4.74 Å². The molecule has 0 bridgehead atoms. The number of hydrogen-bond acceptors (Lipinski definition) is 5. The molecule has 0 spiro atoms. The van der Waals surface area contributed by atoms with Crippen molar-refractivity contribution in [2.45, 2.75) is 58.3 Å². The lowest BCUT2D eigenvalue weighted by Crippen LogP contribution is -2.48. The van der Waals surface area contributed by atoms with Gasteiger partial charge in [0.2, 0.25) is 0 Å². The summed E-state index contributed by atoms with van der Waals surface area (Å²) in [5, 5.41) is 17.2. The van der Waals surface area contributed by atoms with Crippen molar-refractivity contribution in [1.82, 2.24) is 15.5 Å². The normalized spacial score (nSPS) is 12.8. The minimum absolute atomic E-state index is 0.0584. The van der Waals surface area contributed by atoms with Gasteiger partial charge >= 0.3 is 0 Å². The summed E-state index contributed by atoms with van der Waals surface area (Å²) in [6, 6.07) is 17.5. The Morgan fingerprint density at radius 1 is 0.925 bits per heavy atom. The molecule has 1 amide bonds. The molecule has 216 valence electrons. The maximum atomic E-state index is 13.9. The molecule has 0 aromatic heterocycles. The van der Waals surface area contributed by atoms with Crippen molar-refractivity contribution < 1.29 is 23.4 Å². The van der Waals surface area contributed by atoms with Gasteiger partial charge in [-0.2, -0.15) is 0 Å². The van der Waals surface area contributed by atoms with Gasteiger partial charge in [0.15, 0.2) is 0 Å². The van der Waals surface area contributed by atoms with Crippen LogP contribution in [0.3, 0.4) is 0 Å². The summed E-state index contributed by atoms with van der Waals surface area (Å²) in [6.07, 6.45) is 1.13. The van der Waals surface area contributed by atoms with Crippen LogP contribution in [-0.4, -0.2) is 54.8 Å². The van der Waals surface area contributed by atoms with Gasteiger partial charge in [0.1, 0.15) is 17.4 Å². The molecular weight excluding hydrogens is 512 g/mol. The second kappa shape index (κ2) is 16.1. The van der Waals surface area contributed by atoms with Crippen LogP contribution in [0, 0.1) is 11.6 Å². The van der Waals surface area contributed by atoms with Gasteiger partial charge in [-0.05, 0) is 85.4 Å². The zero-order chi connectivity index (χ0) is 28.9. The summed E-state index contributed by atoms with van der Waals surface area (Å²) in [5.74, 6) is -1.04. The number of nitrogens with one attached hydrogen (secondary N) is 2. The van der Waals surface area contributed by atoms with Crippen LogP contribution < -0.4 is 15.4 Å². The molecule has 0 aliphatic carbocycles. The average molecular weight is 554 g/mol. The number of benzene rings is 3. The van der Waals surface area contributed by atoms with Crippen LogP contribution in [0.2, 0.25) is 0 Å². The molecule has 0 aliphatic rings. The molecule has 0 radical (unpaired) electrons. The molecule has 3 N–H and O–H groups in total. The molecular formula is C32H41F2N3O3. The minimum atomic E-state index is -1.02. The van der Waals surface area contributed by atoms with Crippen molar-refractivity contribution in [2.75, 3.05) is 26.7 Å². The Labute approximate surface area is 236 Å². The topological polar surface area (TPSA) is 73.8 Å². The van der Waals surface area contributed by atoms with Gasteiger partial charge < -0.3 is 20.5 Å². The number of aliphatic hydroxyl groups excluding tert-OH is 1. The molecule has 3 rings (SSSR count). The molecule has 8 heteroatoms. The summed E-state index contributed by atoms with van der Waals surface area (Å²) in [7, 11) is 1.60. The first-order valence-electron chi connectivity index (χ1n) is 13.9. The SMILES string of the molecule is CCCN(CCC)Cc1cccc(C(=O)NC(Cc2cc(F)cc(F)c2)C(O)CNCc2cccc(OC)c2)c1. The van der Waals surface area contributed by atoms with Crippen molar-refractivity contribution in [3.63, 3.8) is 0 Å². The van der Waals surface area contributed by atoms with Crippen LogP contribution in [0.15, 0.2) is 66.7 Å². The van der Waals surface area contributed by atoms with E-state index in [-0.39, 0.29) is 18.9 Å². The Balaban J connectivity index is 1.72. The van der Waals surface area contributed by atoms with E-state index >= 15 is 0 Å². The molecule has 3 aromatic rings. The number of carbonyl (C=O) groups excluding carboxylic acids is 1. The van der Waals surface area contributed by atoms with Crippen LogP contribution in [-0.2, 0) is 19.5 Å². The van der Waals surface area contributed by atoms with Crippen LogP contribution >= 0.6 is 0 Å². The highest BCUT2D eigenvalue weighted by atomic mass is 19.1. The fraction of sp³-hybridized carbons (Fsp3) is 0.406. The van der Waals surface area contributed by atoms with Crippen LogP contribution in [0.1, 0.15) is 53.7 Å². The highest BCUT2D eigenvalue weighted by molar-refractivity contribution is 5.94. The predicted molar refractivity (Wildman–Crippen MR) is 154 cm³/mol. The number of ether oxygens (including phenoxy) is 1. The fourth-order valence-electron chi connectivity index (χ4n) is 4.78. The fourth-order valence-corrected chi connectivity index (χ4v) is 4.78. The molecule has 3 aromatic carbocycles. The Hall–Kier alpha value is -3.33. The first-order valence-corrected chi connectivity index (χ1v) is 13.9. The van der Waals surface area contributed by atoms with Crippen LogP contribution in [0.25, 0.3) is 0 Å². The Bertz CT molecular complexity index is 1200. The largest absolute Gasteiger partial charge is 0.497 e. The highest BCUT2D eigenvalue weighted by Crippen LogP contribution is 2.15. The smallest absolute Gasteiger partial charge is 0.251 e. The van der Waals surface area contributed by atoms with E-state index in [9.17, 15) is 18.7 Å². The van der Waals surface area contributed by atoms with E-state index < -0.39 is 23.8 Å². The van der Waals surface area contributed by atoms with E-state index in [1.165, 1.54) is 12.1 Å². The molecule has 2 unspecified atom stereocenters. The first kappa shape index (κ1) is 31.2. The third-order valence-corrected chi connectivity index (χ3v) is 6.65. The zero-order valence-electron chi connectivity index (χ0n) is 23.6. The van der Waals surface area contributed by atoms with Gasteiger partial charge in [-0.25, -0.2) is 8.78 Å². The summed E-state index contributed by atoms with van der Waals surface area (Å²) < 4.78 is 33.1. The number of rotatable bonds is 16. The quantitative estimate of drug-likeness (QED) is 0.231. The summed E-state index contributed by atoms with van der Waals surface area (Å²) in [6.45, 7) is 7.62. The number of carbonyl (C=O) groups is 1. The molecule has 2 atom stereocenters. The second-order valence-electron chi connectivity index (χ2n) is 10.1. The van der Waals surface area contributed by atoms with Gasteiger partial charge in [0, 0.05) is 31.3 Å². The molecule has 0 fully saturated rings. The van der Waals surface area contributed by atoms with Gasteiger partial charge in [-0.3, -0.25) is 9.69 Å². The maximum absolute atomic E-state index is 13.9. The van der Waals surface area contributed by atoms with E-state index in [1.54, 1.807) is 13.2 Å². The summed E-state index contributed by atoms with van der Waals surface area (Å²) in [4.78, 5) is 15.7. The maximum Gasteiger partial charge on any atom is 0.251 e. The van der Waals surface area contributed by atoms with E-state index in [2.05, 4.69) is 29.4 Å². The zero-order valence-corrected chi connectivity index (χ0v) is 23.6. The number of methoxy groups -OCH3 is 1. The molecule has 6 nitrogen and oxygen atoms in total. The second-order valence-corrected chi connectivity index (χ2v) is 10.1. The molecule has 40 heavy (non-hydrogen) atoms. The van der Waals surface area contributed by atoms with Crippen molar-refractivity contribution in [2.24, 2.45) is 0 Å². The highest BCUT2D eigenvalue weighted by Gasteiger charge is 2.23. The van der Waals surface area contributed by atoms with Gasteiger partial charge in [-0.15, -0.1) is 0 Å². The van der Waals surface area contributed by atoms with Gasteiger partial charge in [-0.1, -0.05) is 38.1 Å². The molecule has 0 aliphatic heterocycles. The summed E-state index contributed by atoms with van der Waals surface area (Å²) >= 11 is 0. The third kappa shape index (κ3) is 10.0.